The van der Waals surface area contributed by atoms with Crippen molar-refractivity contribution in [3.05, 3.63) is 0 Å². The Kier molecular flexibility index (Phi) is 5.59. The molecule has 2 heteroatoms. The molecule has 0 aromatic heterocycles. The van der Waals surface area contributed by atoms with Gasteiger partial charge in [-0.05, 0) is 49.7 Å². The molecule has 0 spiro atoms. The Balaban J connectivity index is 1.91. The third kappa shape index (κ3) is 3.44. The van der Waals surface area contributed by atoms with Crippen molar-refractivity contribution in [1.29, 1.82) is 0 Å². The van der Waals surface area contributed by atoms with Crippen LogP contribution in [-0.2, 0) is 0 Å². The van der Waals surface area contributed by atoms with Crippen LogP contribution in [0.15, 0.2) is 0 Å². The van der Waals surface area contributed by atoms with E-state index in [1.54, 1.807) is 0 Å². The molecule has 0 radical (unpaired) electrons. The van der Waals surface area contributed by atoms with Crippen LogP contribution >= 0.6 is 7.92 Å². The average Bonchev–Trinajstić information content (AvgIpc) is 2.38. The SMILES string of the molecule is NCCP(C1CCCCC1)C1CCCCC1. The Hall–Kier alpha value is 0.390. The summed E-state index contributed by atoms with van der Waals surface area (Å²) >= 11 is 0. The highest BCUT2D eigenvalue weighted by atomic mass is 31.1. The van der Waals surface area contributed by atoms with Crippen molar-refractivity contribution in [3.8, 4) is 0 Å². The summed E-state index contributed by atoms with van der Waals surface area (Å²) in [6.07, 6.45) is 16.5. The Morgan fingerprint density at radius 1 is 0.750 bits per heavy atom. The van der Waals surface area contributed by atoms with Gasteiger partial charge in [0, 0.05) is 0 Å². The standard InChI is InChI=1S/C14H28NP/c15-11-12-16(13-7-3-1-4-8-13)14-9-5-2-6-10-14/h13-14H,1-12,15H2. The van der Waals surface area contributed by atoms with E-state index in [0.717, 1.165) is 17.9 Å². The van der Waals surface area contributed by atoms with Gasteiger partial charge in [-0.15, -0.1) is 0 Å². The zero-order valence-electron chi connectivity index (χ0n) is 10.7. The van der Waals surface area contributed by atoms with Crippen molar-refractivity contribution >= 4 is 7.92 Å². The van der Waals surface area contributed by atoms with Crippen LogP contribution in [0.3, 0.4) is 0 Å². The van der Waals surface area contributed by atoms with Crippen molar-refractivity contribution in [2.75, 3.05) is 12.7 Å². The molecule has 2 aliphatic rings. The van der Waals surface area contributed by atoms with Gasteiger partial charge in [-0.2, -0.15) is 0 Å². The topological polar surface area (TPSA) is 26.0 Å². The lowest BCUT2D eigenvalue weighted by molar-refractivity contribution is 0.484. The lowest BCUT2D eigenvalue weighted by Crippen LogP contribution is -2.24. The van der Waals surface area contributed by atoms with Crippen LogP contribution in [0, 0.1) is 0 Å². The van der Waals surface area contributed by atoms with Gasteiger partial charge in [-0.25, -0.2) is 0 Å². The van der Waals surface area contributed by atoms with Gasteiger partial charge in [0.25, 0.3) is 0 Å². The molecule has 2 rings (SSSR count). The molecule has 0 atom stereocenters. The summed E-state index contributed by atoms with van der Waals surface area (Å²) in [7, 11) is 0.278. The molecular weight excluding hydrogens is 213 g/mol. The number of rotatable bonds is 4. The van der Waals surface area contributed by atoms with Crippen molar-refractivity contribution in [2.24, 2.45) is 5.73 Å². The van der Waals surface area contributed by atoms with E-state index in [9.17, 15) is 0 Å². The summed E-state index contributed by atoms with van der Waals surface area (Å²) < 4.78 is 0. The van der Waals surface area contributed by atoms with Gasteiger partial charge < -0.3 is 5.73 Å². The molecule has 2 aliphatic carbocycles. The van der Waals surface area contributed by atoms with Crippen molar-refractivity contribution in [2.45, 2.75) is 75.5 Å². The molecule has 0 unspecified atom stereocenters. The maximum absolute atomic E-state index is 5.86. The minimum Gasteiger partial charge on any atom is -0.330 e. The van der Waals surface area contributed by atoms with Crippen LogP contribution in [0.1, 0.15) is 64.2 Å². The molecule has 0 aliphatic heterocycles. The molecular formula is C14H28NP. The van der Waals surface area contributed by atoms with E-state index < -0.39 is 0 Å². The molecule has 0 saturated heterocycles. The summed E-state index contributed by atoms with van der Waals surface area (Å²) in [4.78, 5) is 0. The molecule has 1 nitrogen and oxygen atoms in total. The first-order valence-electron chi connectivity index (χ1n) is 7.37. The fourth-order valence-electron chi connectivity index (χ4n) is 3.64. The van der Waals surface area contributed by atoms with E-state index in [-0.39, 0.29) is 7.92 Å². The average molecular weight is 241 g/mol. The lowest BCUT2D eigenvalue weighted by atomic mass is 9.99. The van der Waals surface area contributed by atoms with Crippen LogP contribution in [0.5, 0.6) is 0 Å². The second kappa shape index (κ2) is 6.97. The second-order valence-electron chi connectivity index (χ2n) is 5.61. The molecule has 0 aromatic rings. The van der Waals surface area contributed by atoms with Gasteiger partial charge in [-0.1, -0.05) is 46.4 Å². The van der Waals surface area contributed by atoms with E-state index in [4.69, 9.17) is 5.73 Å². The monoisotopic (exact) mass is 241 g/mol. The van der Waals surface area contributed by atoms with Crippen molar-refractivity contribution in [1.82, 2.24) is 0 Å². The predicted octanol–water partition coefficient (Wildman–Crippen LogP) is 4.09. The van der Waals surface area contributed by atoms with Crippen molar-refractivity contribution < 1.29 is 0 Å². The van der Waals surface area contributed by atoms with Gasteiger partial charge in [0.2, 0.25) is 0 Å². The first kappa shape index (κ1) is 12.8. The third-order valence-electron chi connectivity index (χ3n) is 4.47. The van der Waals surface area contributed by atoms with E-state index in [1.807, 2.05) is 0 Å². The normalized spacial score (nSPS) is 25.1. The fraction of sp³-hybridized carbons (Fsp3) is 1.00. The number of hydrogen-bond acceptors (Lipinski definition) is 1. The molecule has 94 valence electrons. The quantitative estimate of drug-likeness (QED) is 0.737. The van der Waals surface area contributed by atoms with Crippen molar-refractivity contribution in [3.63, 3.8) is 0 Å². The smallest absolute Gasteiger partial charge is 0.00377 e. The molecule has 2 saturated carbocycles. The van der Waals surface area contributed by atoms with Crippen LogP contribution in [0.2, 0.25) is 0 Å². The van der Waals surface area contributed by atoms with Crippen LogP contribution in [0.4, 0.5) is 0 Å². The maximum atomic E-state index is 5.86. The molecule has 2 N–H and O–H groups in total. The highest BCUT2D eigenvalue weighted by Crippen LogP contribution is 2.55. The molecule has 16 heavy (non-hydrogen) atoms. The summed E-state index contributed by atoms with van der Waals surface area (Å²) in [5.41, 5.74) is 8.04. The Morgan fingerprint density at radius 2 is 1.19 bits per heavy atom. The largest absolute Gasteiger partial charge is 0.330 e. The van der Waals surface area contributed by atoms with E-state index in [0.29, 0.717) is 0 Å². The van der Waals surface area contributed by atoms with E-state index in [1.165, 1.54) is 70.4 Å². The van der Waals surface area contributed by atoms with Gasteiger partial charge >= 0.3 is 0 Å². The molecule has 2 fully saturated rings. The van der Waals surface area contributed by atoms with Gasteiger partial charge in [0.05, 0.1) is 0 Å². The fourth-order valence-corrected chi connectivity index (χ4v) is 7.32. The molecule has 0 bridgehead atoms. The minimum absolute atomic E-state index is 0.278. The van der Waals surface area contributed by atoms with Gasteiger partial charge in [-0.3, -0.25) is 0 Å². The van der Waals surface area contributed by atoms with Crippen LogP contribution in [-0.4, -0.2) is 24.0 Å². The summed E-state index contributed by atoms with van der Waals surface area (Å²) in [6, 6.07) is 0. The lowest BCUT2D eigenvalue weighted by Gasteiger charge is -2.38. The Labute approximate surface area is 102 Å². The summed E-state index contributed by atoms with van der Waals surface area (Å²) in [6.45, 7) is 0.943. The number of hydrogen-bond donors (Lipinski definition) is 1. The van der Waals surface area contributed by atoms with E-state index >= 15 is 0 Å². The highest BCUT2D eigenvalue weighted by Gasteiger charge is 2.29. The summed E-state index contributed by atoms with van der Waals surface area (Å²) in [5, 5.41) is 0. The molecule has 0 aromatic carbocycles. The predicted molar refractivity (Wildman–Crippen MR) is 74.6 cm³/mol. The first-order valence-corrected chi connectivity index (χ1v) is 9.04. The van der Waals surface area contributed by atoms with Crippen LogP contribution in [0.25, 0.3) is 0 Å². The van der Waals surface area contributed by atoms with Gasteiger partial charge in [0.1, 0.15) is 0 Å². The van der Waals surface area contributed by atoms with Gasteiger partial charge in [0.15, 0.2) is 0 Å². The first-order chi connectivity index (χ1) is 7.92. The Bertz CT molecular complexity index is 165. The second-order valence-corrected chi connectivity index (χ2v) is 8.55. The highest BCUT2D eigenvalue weighted by molar-refractivity contribution is 7.59. The third-order valence-corrected chi connectivity index (χ3v) is 8.16. The van der Waals surface area contributed by atoms with E-state index in [2.05, 4.69) is 0 Å². The summed E-state index contributed by atoms with van der Waals surface area (Å²) in [5.74, 6) is 0. The molecule has 0 amide bonds. The zero-order valence-corrected chi connectivity index (χ0v) is 11.6. The Morgan fingerprint density at radius 3 is 1.56 bits per heavy atom. The maximum Gasteiger partial charge on any atom is -0.00377 e. The zero-order chi connectivity index (χ0) is 11.2. The minimum atomic E-state index is 0.278. The van der Waals surface area contributed by atoms with Crippen LogP contribution < -0.4 is 5.73 Å². The number of nitrogens with two attached hydrogens (primary N) is 1. The molecule has 0 heterocycles.